The van der Waals surface area contributed by atoms with Gasteiger partial charge in [0.15, 0.2) is 5.13 Å². The van der Waals surface area contributed by atoms with E-state index in [1.54, 1.807) is 6.20 Å². The van der Waals surface area contributed by atoms with E-state index in [-0.39, 0.29) is 17.2 Å². The third kappa shape index (κ3) is 3.40. The molecule has 2 aliphatic rings. The van der Waals surface area contributed by atoms with Gasteiger partial charge in [-0.05, 0) is 47.6 Å². The average Bonchev–Trinajstić information content (AvgIpc) is 3.24. The van der Waals surface area contributed by atoms with E-state index in [9.17, 15) is 4.79 Å². The summed E-state index contributed by atoms with van der Waals surface area (Å²) in [6, 6.07) is 8.76. The summed E-state index contributed by atoms with van der Waals surface area (Å²) in [4.78, 5) is 17.3. The number of thiazole rings is 1. The predicted molar refractivity (Wildman–Crippen MR) is 121 cm³/mol. The molecule has 0 saturated heterocycles. The summed E-state index contributed by atoms with van der Waals surface area (Å²) in [5.41, 5.74) is 3.80. The van der Waals surface area contributed by atoms with E-state index in [1.165, 1.54) is 22.5 Å². The van der Waals surface area contributed by atoms with Crippen LogP contribution in [0.5, 0.6) is 0 Å². The van der Waals surface area contributed by atoms with Gasteiger partial charge in [0.25, 0.3) is 0 Å². The van der Waals surface area contributed by atoms with Gasteiger partial charge in [-0.1, -0.05) is 74.6 Å². The number of rotatable bonds is 6. The van der Waals surface area contributed by atoms with E-state index >= 15 is 0 Å². The van der Waals surface area contributed by atoms with Crippen molar-refractivity contribution in [1.29, 1.82) is 0 Å². The van der Waals surface area contributed by atoms with Crippen molar-refractivity contribution in [1.82, 2.24) is 4.98 Å². The van der Waals surface area contributed by atoms with E-state index in [4.69, 9.17) is 0 Å². The molecule has 1 aromatic heterocycles. The second-order valence-corrected chi connectivity index (χ2v) is 9.48. The lowest BCUT2D eigenvalue weighted by Gasteiger charge is -2.53. The molecule has 0 spiro atoms. The number of nitrogens with one attached hydrogen (secondary N) is 1. The third-order valence-corrected chi connectivity index (χ3v) is 7.45. The van der Waals surface area contributed by atoms with Crippen molar-refractivity contribution in [2.45, 2.75) is 39.0 Å². The van der Waals surface area contributed by atoms with Crippen LogP contribution < -0.4 is 5.32 Å². The van der Waals surface area contributed by atoms with Crippen LogP contribution in [0.3, 0.4) is 0 Å². The summed E-state index contributed by atoms with van der Waals surface area (Å²) in [6.45, 7) is 10.5. The van der Waals surface area contributed by atoms with Crippen LogP contribution in [-0.2, 0) is 4.79 Å². The van der Waals surface area contributed by atoms with Crippen LogP contribution in [0.4, 0.5) is 5.13 Å². The number of benzene rings is 1. The first-order valence-electron chi connectivity index (χ1n) is 10.2. The van der Waals surface area contributed by atoms with Crippen molar-refractivity contribution < 1.29 is 4.79 Å². The maximum Gasteiger partial charge on any atom is 0.229 e. The Morgan fingerprint density at radius 3 is 2.79 bits per heavy atom. The van der Waals surface area contributed by atoms with E-state index in [0.717, 1.165) is 12.0 Å². The molecule has 1 amide bonds. The molecule has 0 bridgehead atoms. The molecular formula is C25H28N2OS. The minimum absolute atomic E-state index is 0.00406. The largest absolute Gasteiger partial charge is 0.302 e. The van der Waals surface area contributed by atoms with Gasteiger partial charge in [0, 0.05) is 17.5 Å². The molecule has 0 aliphatic heterocycles. The van der Waals surface area contributed by atoms with E-state index in [1.807, 2.05) is 24.5 Å². The van der Waals surface area contributed by atoms with Crippen molar-refractivity contribution in [3.8, 4) is 0 Å². The Balaban J connectivity index is 1.62. The number of nitrogens with zero attached hydrogens (tertiary/aromatic N) is 1. The Hall–Kier alpha value is -2.46. The molecule has 29 heavy (non-hydrogen) atoms. The first-order chi connectivity index (χ1) is 13.9. The normalized spacial score (nSPS) is 28.7. The van der Waals surface area contributed by atoms with Gasteiger partial charge in [-0.3, -0.25) is 4.79 Å². The molecule has 3 nitrogen and oxygen atoms in total. The van der Waals surface area contributed by atoms with Gasteiger partial charge in [-0.2, -0.15) is 0 Å². The van der Waals surface area contributed by atoms with E-state index in [0.29, 0.717) is 22.9 Å². The number of allylic oxidation sites excluding steroid dienone is 5. The zero-order chi connectivity index (χ0) is 20.6. The number of amides is 1. The standard InChI is InChI=1S/C25H28N2OS/c1-16(2)9-5-6-10-17(3)22-19-12-8-7-11-18(19)20-15-21(25(20,22)4)23(28)27-24-26-13-14-29-24/h5-14,17,20-22H,1,15H2,2-4H3,(H,26,27,28)/b9-5?,10-6-. The molecule has 4 rings (SSSR count). The summed E-state index contributed by atoms with van der Waals surface area (Å²) in [6.07, 6.45) is 11.1. The number of carbonyl (C=O) groups excluding carboxylic acids is 1. The number of hydrogen-bond acceptors (Lipinski definition) is 3. The highest BCUT2D eigenvalue weighted by molar-refractivity contribution is 7.13. The van der Waals surface area contributed by atoms with Crippen LogP contribution in [-0.4, -0.2) is 10.9 Å². The van der Waals surface area contributed by atoms with Crippen molar-refractivity contribution in [3.63, 3.8) is 0 Å². The first-order valence-corrected chi connectivity index (χ1v) is 11.1. The summed E-state index contributed by atoms with van der Waals surface area (Å²) in [5.74, 6) is 1.19. The topological polar surface area (TPSA) is 42.0 Å². The Kier molecular flexibility index (Phi) is 5.30. The molecular weight excluding hydrogens is 376 g/mol. The van der Waals surface area contributed by atoms with Crippen LogP contribution in [0.1, 0.15) is 50.2 Å². The van der Waals surface area contributed by atoms with Gasteiger partial charge in [-0.15, -0.1) is 11.3 Å². The zero-order valence-electron chi connectivity index (χ0n) is 17.3. The monoisotopic (exact) mass is 404 g/mol. The quantitative estimate of drug-likeness (QED) is 0.573. The number of hydrogen-bond donors (Lipinski definition) is 1. The second-order valence-electron chi connectivity index (χ2n) is 8.59. The fraction of sp³-hybridized carbons (Fsp3) is 0.360. The van der Waals surface area contributed by atoms with E-state index in [2.05, 4.69) is 67.1 Å². The number of aromatic nitrogens is 1. The summed E-state index contributed by atoms with van der Waals surface area (Å²) in [5, 5.41) is 5.62. The molecule has 1 heterocycles. The number of fused-ring (bicyclic) bond motifs is 3. The third-order valence-electron chi connectivity index (χ3n) is 6.76. The Bertz CT molecular complexity index is 974. The molecule has 2 aliphatic carbocycles. The first kappa shape index (κ1) is 19.8. The van der Waals surface area contributed by atoms with Crippen molar-refractivity contribution in [2.75, 3.05) is 5.32 Å². The molecule has 1 aromatic carbocycles. The van der Waals surface area contributed by atoms with Gasteiger partial charge >= 0.3 is 0 Å². The fourth-order valence-electron chi connectivity index (χ4n) is 5.46. The van der Waals surface area contributed by atoms with Gasteiger partial charge in [0.2, 0.25) is 5.91 Å². The van der Waals surface area contributed by atoms with Crippen LogP contribution in [0.15, 0.2) is 72.3 Å². The smallest absolute Gasteiger partial charge is 0.229 e. The van der Waals surface area contributed by atoms with E-state index < -0.39 is 0 Å². The molecule has 2 aromatic rings. The second kappa shape index (κ2) is 7.75. The van der Waals surface area contributed by atoms with Gasteiger partial charge in [0.05, 0.1) is 0 Å². The average molecular weight is 405 g/mol. The predicted octanol–water partition coefficient (Wildman–Crippen LogP) is 6.31. The lowest BCUT2D eigenvalue weighted by molar-refractivity contribution is -0.133. The SMILES string of the molecule is C=C(C)C=C/C=C\C(C)C1c2ccccc2C2CC(C(=O)Nc3nccs3)C21C. The van der Waals surface area contributed by atoms with Crippen LogP contribution >= 0.6 is 11.3 Å². The van der Waals surface area contributed by atoms with Gasteiger partial charge < -0.3 is 5.32 Å². The minimum Gasteiger partial charge on any atom is -0.302 e. The molecule has 1 saturated carbocycles. The molecule has 5 unspecified atom stereocenters. The van der Waals surface area contributed by atoms with Gasteiger partial charge in [0.1, 0.15) is 0 Å². The lowest BCUT2D eigenvalue weighted by Crippen LogP contribution is -2.52. The van der Waals surface area contributed by atoms with Crippen LogP contribution in [0.2, 0.25) is 0 Å². The van der Waals surface area contributed by atoms with Gasteiger partial charge in [-0.25, -0.2) is 4.98 Å². The van der Waals surface area contributed by atoms with Crippen LogP contribution in [0.25, 0.3) is 0 Å². The Labute approximate surface area is 177 Å². The maximum atomic E-state index is 13.1. The van der Waals surface area contributed by atoms with Crippen molar-refractivity contribution in [2.24, 2.45) is 17.3 Å². The zero-order valence-corrected chi connectivity index (χ0v) is 18.1. The summed E-state index contributed by atoms with van der Waals surface area (Å²) in [7, 11) is 0. The maximum absolute atomic E-state index is 13.1. The summed E-state index contributed by atoms with van der Waals surface area (Å²) < 4.78 is 0. The Morgan fingerprint density at radius 2 is 2.10 bits per heavy atom. The molecule has 1 N–H and O–H groups in total. The highest BCUT2D eigenvalue weighted by Gasteiger charge is 2.64. The molecule has 1 fully saturated rings. The highest BCUT2D eigenvalue weighted by atomic mass is 32.1. The molecule has 5 atom stereocenters. The van der Waals surface area contributed by atoms with Crippen molar-refractivity contribution >= 4 is 22.4 Å². The highest BCUT2D eigenvalue weighted by Crippen LogP contribution is 2.71. The fourth-order valence-corrected chi connectivity index (χ4v) is 5.99. The van der Waals surface area contributed by atoms with Crippen molar-refractivity contribution in [3.05, 3.63) is 83.4 Å². The minimum atomic E-state index is -0.0765. The molecule has 4 heteroatoms. The molecule has 0 radical (unpaired) electrons. The summed E-state index contributed by atoms with van der Waals surface area (Å²) >= 11 is 1.47. The number of carbonyl (C=O) groups is 1. The Morgan fingerprint density at radius 1 is 1.34 bits per heavy atom. The lowest BCUT2D eigenvalue weighted by atomic mass is 9.49. The van der Waals surface area contributed by atoms with Crippen LogP contribution in [0, 0.1) is 17.3 Å². The molecule has 150 valence electrons. The number of anilines is 1.